The van der Waals surface area contributed by atoms with Gasteiger partial charge in [0.05, 0.1) is 18.0 Å². The van der Waals surface area contributed by atoms with Gasteiger partial charge in [0.25, 0.3) is 5.91 Å². The van der Waals surface area contributed by atoms with Crippen LogP contribution in [0.25, 0.3) is 10.9 Å². The standard InChI is InChI=1S/C19H19N3O4/c1-3-22-11-15-14(19(22)25)9-13(18(21-15)26-2)10-20-17(24)16(23)12-7-5-4-6-8-12/h4-9,11,25H,3,10H2,1-2H3,(H,20,24). The third-order valence-electron chi connectivity index (χ3n) is 4.10. The molecule has 1 amide bonds. The Bertz CT molecular complexity index is 964. The lowest BCUT2D eigenvalue weighted by molar-refractivity contribution is -0.117. The van der Waals surface area contributed by atoms with Crippen LogP contribution in [0, 0.1) is 0 Å². The average Bonchev–Trinajstić information content (AvgIpc) is 3.00. The van der Waals surface area contributed by atoms with Gasteiger partial charge in [-0.15, -0.1) is 0 Å². The lowest BCUT2D eigenvalue weighted by Gasteiger charge is -2.09. The van der Waals surface area contributed by atoms with Gasteiger partial charge in [0.15, 0.2) is 0 Å². The van der Waals surface area contributed by atoms with Gasteiger partial charge in [-0.25, -0.2) is 4.98 Å². The molecule has 26 heavy (non-hydrogen) atoms. The number of carbonyl (C=O) groups is 2. The number of aryl methyl sites for hydroxylation is 1. The summed E-state index contributed by atoms with van der Waals surface area (Å²) in [7, 11) is 1.48. The zero-order valence-corrected chi connectivity index (χ0v) is 14.5. The summed E-state index contributed by atoms with van der Waals surface area (Å²) >= 11 is 0. The molecule has 7 heteroatoms. The number of aromatic nitrogens is 2. The Balaban J connectivity index is 1.82. The highest BCUT2D eigenvalue weighted by molar-refractivity contribution is 6.42. The van der Waals surface area contributed by atoms with Crippen molar-refractivity contribution in [2.75, 3.05) is 7.11 Å². The molecule has 0 atom stereocenters. The van der Waals surface area contributed by atoms with Crippen LogP contribution in [0.3, 0.4) is 0 Å². The minimum Gasteiger partial charge on any atom is -0.494 e. The molecule has 3 rings (SSSR count). The van der Waals surface area contributed by atoms with Crippen LogP contribution in [0.15, 0.2) is 42.6 Å². The topological polar surface area (TPSA) is 93.5 Å². The molecule has 0 aliphatic rings. The number of carbonyl (C=O) groups excluding carboxylic acids is 2. The van der Waals surface area contributed by atoms with Gasteiger partial charge >= 0.3 is 0 Å². The summed E-state index contributed by atoms with van der Waals surface area (Å²) in [6, 6.07) is 10.0. The molecule has 134 valence electrons. The SMILES string of the molecule is CCn1cc2nc(OC)c(CNC(=O)C(=O)c3ccccc3)cc2c1O. The van der Waals surface area contributed by atoms with Crippen LogP contribution in [0.4, 0.5) is 0 Å². The number of hydrogen-bond donors (Lipinski definition) is 2. The maximum atomic E-state index is 12.1. The normalized spacial score (nSPS) is 10.7. The monoisotopic (exact) mass is 353 g/mol. The van der Waals surface area contributed by atoms with E-state index in [0.717, 1.165) is 0 Å². The lowest BCUT2D eigenvalue weighted by atomic mass is 10.1. The van der Waals surface area contributed by atoms with Crippen molar-refractivity contribution in [3.8, 4) is 11.8 Å². The highest BCUT2D eigenvalue weighted by Crippen LogP contribution is 2.30. The first kappa shape index (κ1) is 17.5. The first-order chi connectivity index (χ1) is 12.5. The highest BCUT2D eigenvalue weighted by Gasteiger charge is 2.18. The minimum atomic E-state index is -0.714. The molecule has 2 N–H and O–H groups in total. The Labute approximate surface area is 150 Å². The summed E-state index contributed by atoms with van der Waals surface area (Å²) in [4.78, 5) is 28.6. The third-order valence-corrected chi connectivity index (χ3v) is 4.10. The van der Waals surface area contributed by atoms with Crippen molar-refractivity contribution in [1.29, 1.82) is 0 Å². The Morgan fingerprint density at radius 1 is 1.27 bits per heavy atom. The van der Waals surface area contributed by atoms with Crippen molar-refractivity contribution in [3.63, 3.8) is 0 Å². The van der Waals surface area contributed by atoms with Crippen molar-refractivity contribution in [2.45, 2.75) is 20.0 Å². The van der Waals surface area contributed by atoms with Gasteiger partial charge in [-0.2, -0.15) is 0 Å². The molecular formula is C19H19N3O4. The van der Waals surface area contributed by atoms with Gasteiger partial charge in [0.1, 0.15) is 0 Å². The van der Waals surface area contributed by atoms with E-state index in [-0.39, 0.29) is 12.4 Å². The van der Waals surface area contributed by atoms with Gasteiger partial charge in [-0.3, -0.25) is 9.59 Å². The molecule has 2 aromatic heterocycles. The first-order valence-corrected chi connectivity index (χ1v) is 8.18. The predicted molar refractivity (Wildman–Crippen MR) is 96.2 cm³/mol. The van der Waals surface area contributed by atoms with Crippen molar-refractivity contribution in [3.05, 3.63) is 53.7 Å². The smallest absolute Gasteiger partial charge is 0.292 e. The third kappa shape index (κ3) is 3.23. The van der Waals surface area contributed by atoms with E-state index in [1.165, 1.54) is 7.11 Å². The number of ketones is 1. The van der Waals surface area contributed by atoms with Gasteiger partial charge in [-0.05, 0) is 13.0 Å². The number of nitrogens with zero attached hydrogens (tertiary/aromatic N) is 2. The minimum absolute atomic E-state index is 0.0558. The second kappa shape index (κ2) is 7.26. The first-order valence-electron chi connectivity index (χ1n) is 8.18. The molecule has 1 aromatic carbocycles. The van der Waals surface area contributed by atoms with Crippen LogP contribution in [0.5, 0.6) is 11.8 Å². The number of nitrogens with one attached hydrogen (secondary N) is 1. The molecule has 0 fully saturated rings. The Kier molecular flexibility index (Phi) is 4.88. The number of aromatic hydroxyl groups is 1. The fourth-order valence-corrected chi connectivity index (χ4v) is 2.71. The zero-order chi connectivity index (χ0) is 18.7. The van der Waals surface area contributed by atoms with E-state index < -0.39 is 11.7 Å². The van der Waals surface area contributed by atoms with Gasteiger partial charge in [0, 0.05) is 30.4 Å². The second-order valence-corrected chi connectivity index (χ2v) is 5.71. The van der Waals surface area contributed by atoms with Crippen LogP contribution >= 0.6 is 0 Å². The summed E-state index contributed by atoms with van der Waals surface area (Å²) in [6.07, 6.45) is 1.73. The summed E-state index contributed by atoms with van der Waals surface area (Å²) in [6.45, 7) is 2.56. The van der Waals surface area contributed by atoms with Crippen LogP contribution in [0.2, 0.25) is 0 Å². The number of ether oxygens (including phenoxy) is 1. The second-order valence-electron chi connectivity index (χ2n) is 5.71. The van der Waals surface area contributed by atoms with Crippen molar-refractivity contribution in [2.24, 2.45) is 0 Å². The number of amides is 1. The van der Waals surface area contributed by atoms with Crippen molar-refractivity contribution >= 4 is 22.6 Å². The van der Waals surface area contributed by atoms with Gasteiger partial charge < -0.3 is 19.7 Å². The maximum absolute atomic E-state index is 12.1. The van der Waals surface area contributed by atoms with E-state index >= 15 is 0 Å². The Hall–Kier alpha value is -3.35. The Morgan fingerprint density at radius 3 is 2.65 bits per heavy atom. The molecule has 0 aliphatic heterocycles. The fraction of sp³-hybridized carbons (Fsp3) is 0.211. The number of pyridine rings is 1. The van der Waals surface area contributed by atoms with E-state index in [9.17, 15) is 14.7 Å². The molecule has 0 spiro atoms. The summed E-state index contributed by atoms with van der Waals surface area (Å²) in [5.41, 5.74) is 1.48. The van der Waals surface area contributed by atoms with Crippen LogP contribution < -0.4 is 10.1 Å². The Morgan fingerprint density at radius 2 is 2.00 bits per heavy atom. The number of rotatable bonds is 6. The summed E-state index contributed by atoms with van der Waals surface area (Å²) < 4.78 is 6.94. The average molecular weight is 353 g/mol. The molecule has 0 aliphatic carbocycles. The molecule has 3 aromatic rings. The maximum Gasteiger partial charge on any atom is 0.292 e. The van der Waals surface area contributed by atoms with Crippen LogP contribution in [-0.2, 0) is 17.9 Å². The number of Topliss-reactive ketones (excluding diaryl/α,β-unsaturated/α-hetero) is 1. The number of hydrogen-bond acceptors (Lipinski definition) is 5. The quantitative estimate of drug-likeness (QED) is 0.524. The summed E-state index contributed by atoms with van der Waals surface area (Å²) in [5.74, 6) is -0.893. The predicted octanol–water partition coefficient (Wildman–Crippen LogP) is 2.27. The largest absolute Gasteiger partial charge is 0.494 e. The van der Waals surface area contributed by atoms with Crippen LogP contribution in [0.1, 0.15) is 22.8 Å². The molecule has 0 saturated heterocycles. The van der Waals surface area contributed by atoms with E-state index in [4.69, 9.17) is 4.74 Å². The van der Waals surface area contributed by atoms with E-state index in [0.29, 0.717) is 34.5 Å². The number of methoxy groups -OCH3 is 1. The molecule has 0 bridgehead atoms. The van der Waals surface area contributed by atoms with Crippen LogP contribution in [-0.4, -0.2) is 33.5 Å². The molecular weight excluding hydrogens is 334 g/mol. The highest BCUT2D eigenvalue weighted by atomic mass is 16.5. The molecule has 0 saturated carbocycles. The van der Waals surface area contributed by atoms with Crippen molar-refractivity contribution < 1.29 is 19.4 Å². The van der Waals surface area contributed by atoms with Crippen molar-refractivity contribution in [1.82, 2.24) is 14.9 Å². The molecule has 0 radical (unpaired) electrons. The molecule has 7 nitrogen and oxygen atoms in total. The van der Waals surface area contributed by atoms with Gasteiger partial charge in [0.2, 0.25) is 17.5 Å². The fourth-order valence-electron chi connectivity index (χ4n) is 2.71. The zero-order valence-electron chi connectivity index (χ0n) is 14.5. The van der Waals surface area contributed by atoms with E-state index in [1.54, 1.807) is 47.2 Å². The van der Waals surface area contributed by atoms with E-state index in [1.807, 2.05) is 6.92 Å². The number of benzene rings is 1. The lowest BCUT2D eigenvalue weighted by Crippen LogP contribution is -2.30. The van der Waals surface area contributed by atoms with Gasteiger partial charge in [-0.1, -0.05) is 30.3 Å². The number of fused-ring (bicyclic) bond motifs is 1. The summed E-state index contributed by atoms with van der Waals surface area (Å²) in [5, 5.41) is 13.4. The molecule has 0 unspecified atom stereocenters. The molecule has 2 heterocycles. The van der Waals surface area contributed by atoms with E-state index in [2.05, 4.69) is 10.3 Å².